The molecule has 6 heteroatoms. The Morgan fingerprint density at radius 1 is 1.53 bits per heavy atom. The third-order valence-corrected chi connectivity index (χ3v) is 2.21. The Kier molecular flexibility index (Phi) is 2.27. The molecular weight excluding hydrogens is 216 g/mol. The van der Waals surface area contributed by atoms with Crippen LogP contribution in [0.2, 0.25) is 5.02 Å². The molecule has 0 atom stereocenters. The summed E-state index contributed by atoms with van der Waals surface area (Å²) in [6.07, 6.45) is 1.31. The number of nitriles is 1. The molecule has 0 aliphatic heterocycles. The Hall–Kier alpha value is -2.06. The fourth-order valence-electron chi connectivity index (χ4n) is 1.19. The lowest BCUT2D eigenvalue weighted by atomic mass is 10.2. The van der Waals surface area contributed by atoms with Crippen molar-refractivity contribution < 1.29 is 0 Å². The van der Waals surface area contributed by atoms with Gasteiger partial charge in [-0.05, 0) is 18.2 Å². The van der Waals surface area contributed by atoms with Crippen molar-refractivity contribution in [2.45, 2.75) is 0 Å². The third-order valence-electron chi connectivity index (χ3n) is 1.89. The summed E-state index contributed by atoms with van der Waals surface area (Å²) in [6, 6.07) is 6.64. The largest absolute Gasteiger partial charge is 0.347 e. The summed E-state index contributed by atoms with van der Waals surface area (Å²) < 4.78 is 1.24. The molecule has 1 N–H and O–H groups in total. The number of aromatic amines is 1. The smallest absolute Gasteiger partial charge is 0.248 e. The molecule has 5 nitrogen and oxygen atoms in total. The minimum atomic E-state index is -0.396. The van der Waals surface area contributed by atoms with Crippen LogP contribution in [0, 0.1) is 11.3 Å². The van der Waals surface area contributed by atoms with E-state index in [-0.39, 0.29) is 0 Å². The second-order valence-corrected chi connectivity index (χ2v) is 3.22. The van der Waals surface area contributed by atoms with Gasteiger partial charge in [-0.1, -0.05) is 11.6 Å². The number of rotatable bonds is 1. The molecule has 2 aromatic rings. The molecule has 15 heavy (non-hydrogen) atoms. The Morgan fingerprint density at radius 2 is 2.33 bits per heavy atom. The van der Waals surface area contributed by atoms with Crippen LogP contribution in [-0.2, 0) is 0 Å². The van der Waals surface area contributed by atoms with E-state index >= 15 is 0 Å². The number of nitrogens with zero attached hydrogens (tertiary/aromatic N) is 3. The second kappa shape index (κ2) is 3.59. The van der Waals surface area contributed by atoms with E-state index in [1.807, 2.05) is 6.07 Å². The highest BCUT2D eigenvalue weighted by Crippen LogP contribution is 2.19. The van der Waals surface area contributed by atoms with E-state index in [0.29, 0.717) is 16.3 Å². The highest BCUT2D eigenvalue weighted by molar-refractivity contribution is 6.32. The van der Waals surface area contributed by atoms with Gasteiger partial charge in [-0.2, -0.15) is 10.4 Å². The maximum atomic E-state index is 11.3. The van der Waals surface area contributed by atoms with Gasteiger partial charge in [0.15, 0.2) is 0 Å². The van der Waals surface area contributed by atoms with Crippen molar-refractivity contribution in [1.82, 2.24) is 14.8 Å². The molecule has 0 aliphatic rings. The first-order valence-corrected chi connectivity index (χ1v) is 4.42. The Balaban J connectivity index is 2.68. The first-order valence-electron chi connectivity index (χ1n) is 4.04. The Morgan fingerprint density at radius 3 is 2.93 bits per heavy atom. The predicted octanol–water partition coefficient (Wildman–Crippen LogP) is 1.09. The molecule has 1 aromatic heterocycles. The van der Waals surface area contributed by atoms with Gasteiger partial charge in [0.2, 0.25) is 0 Å². The Bertz CT molecular complexity index is 593. The SMILES string of the molecule is N#Cc1ccc(Cl)c(-n2cn[nH]c2=O)c1. The molecule has 1 aromatic carbocycles. The minimum absolute atomic E-state index is 0.387. The molecule has 74 valence electrons. The summed E-state index contributed by atoms with van der Waals surface area (Å²) in [5, 5.41) is 14.9. The van der Waals surface area contributed by atoms with E-state index in [9.17, 15) is 4.79 Å². The van der Waals surface area contributed by atoms with Gasteiger partial charge in [0, 0.05) is 0 Å². The van der Waals surface area contributed by atoms with Gasteiger partial charge in [0.25, 0.3) is 0 Å². The summed E-state index contributed by atoms with van der Waals surface area (Å²) in [7, 11) is 0. The summed E-state index contributed by atoms with van der Waals surface area (Å²) in [4.78, 5) is 11.3. The Labute approximate surface area is 89.5 Å². The zero-order valence-electron chi connectivity index (χ0n) is 7.44. The molecule has 0 bridgehead atoms. The number of halogens is 1. The first-order chi connectivity index (χ1) is 7.22. The molecule has 0 aliphatic carbocycles. The summed E-state index contributed by atoms with van der Waals surface area (Å²) >= 11 is 5.91. The quantitative estimate of drug-likeness (QED) is 0.782. The van der Waals surface area contributed by atoms with E-state index in [1.54, 1.807) is 12.1 Å². The topological polar surface area (TPSA) is 74.5 Å². The maximum Gasteiger partial charge on any atom is 0.347 e. The van der Waals surface area contributed by atoms with Gasteiger partial charge in [-0.25, -0.2) is 14.5 Å². The molecule has 0 amide bonds. The number of aromatic nitrogens is 3. The van der Waals surface area contributed by atoms with Crippen LogP contribution in [-0.4, -0.2) is 14.8 Å². The lowest BCUT2D eigenvalue weighted by molar-refractivity contribution is 0.982. The molecule has 1 heterocycles. The van der Waals surface area contributed by atoms with E-state index in [4.69, 9.17) is 16.9 Å². The molecule has 0 fully saturated rings. The maximum absolute atomic E-state index is 11.3. The highest BCUT2D eigenvalue weighted by atomic mass is 35.5. The number of hydrogen-bond donors (Lipinski definition) is 1. The summed E-state index contributed by atoms with van der Waals surface area (Å²) in [5.41, 5.74) is 0.476. The van der Waals surface area contributed by atoms with Gasteiger partial charge in [-0.15, -0.1) is 0 Å². The van der Waals surface area contributed by atoms with Crippen LogP contribution < -0.4 is 5.69 Å². The monoisotopic (exact) mass is 220 g/mol. The standard InChI is InChI=1S/C9H5ClN4O/c10-7-2-1-6(4-11)3-8(7)14-5-12-13-9(14)15/h1-3,5H,(H,13,15). The van der Waals surface area contributed by atoms with Crippen LogP contribution >= 0.6 is 11.6 Å². The van der Waals surface area contributed by atoms with Gasteiger partial charge < -0.3 is 0 Å². The zero-order valence-corrected chi connectivity index (χ0v) is 8.19. The average Bonchev–Trinajstić information content (AvgIpc) is 2.65. The highest BCUT2D eigenvalue weighted by Gasteiger charge is 2.06. The summed E-state index contributed by atoms with van der Waals surface area (Å²) in [6.45, 7) is 0. The van der Waals surface area contributed by atoms with Crippen LogP contribution in [0.1, 0.15) is 5.56 Å². The fraction of sp³-hybridized carbons (Fsp3) is 0. The van der Waals surface area contributed by atoms with Crippen LogP contribution in [0.3, 0.4) is 0 Å². The van der Waals surface area contributed by atoms with Gasteiger partial charge in [0.05, 0.1) is 22.3 Å². The van der Waals surface area contributed by atoms with Gasteiger partial charge in [0.1, 0.15) is 6.33 Å². The molecule has 2 rings (SSSR count). The van der Waals surface area contributed by atoms with Crippen molar-refractivity contribution in [3.63, 3.8) is 0 Å². The number of H-pyrrole nitrogens is 1. The van der Waals surface area contributed by atoms with Crippen molar-refractivity contribution in [3.05, 3.63) is 45.6 Å². The molecule has 0 radical (unpaired) electrons. The van der Waals surface area contributed by atoms with Crippen molar-refractivity contribution in [3.8, 4) is 11.8 Å². The summed E-state index contributed by atoms with van der Waals surface area (Å²) in [5.74, 6) is 0. The average molecular weight is 221 g/mol. The number of hydrogen-bond acceptors (Lipinski definition) is 3. The van der Waals surface area contributed by atoms with E-state index < -0.39 is 5.69 Å². The van der Waals surface area contributed by atoms with Crippen molar-refractivity contribution >= 4 is 11.6 Å². The third kappa shape index (κ3) is 1.63. The lowest BCUT2D eigenvalue weighted by Crippen LogP contribution is -2.14. The molecular formula is C9H5ClN4O. The van der Waals surface area contributed by atoms with Gasteiger partial charge in [-0.3, -0.25) is 0 Å². The van der Waals surface area contributed by atoms with Crippen LogP contribution in [0.5, 0.6) is 0 Å². The number of benzene rings is 1. The fourth-order valence-corrected chi connectivity index (χ4v) is 1.40. The normalized spacial score (nSPS) is 9.87. The molecule has 0 saturated heterocycles. The van der Waals surface area contributed by atoms with E-state index in [1.165, 1.54) is 17.0 Å². The molecule has 0 unspecified atom stereocenters. The van der Waals surface area contributed by atoms with Gasteiger partial charge >= 0.3 is 5.69 Å². The van der Waals surface area contributed by atoms with Crippen molar-refractivity contribution in [2.24, 2.45) is 0 Å². The van der Waals surface area contributed by atoms with Crippen molar-refractivity contribution in [1.29, 1.82) is 5.26 Å². The van der Waals surface area contributed by atoms with Crippen LogP contribution in [0.4, 0.5) is 0 Å². The molecule has 0 spiro atoms. The zero-order chi connectivity index (χ0) is 10.8. The predicted molar refractivity (Wildman–Crippen MR) is 53.9 cm³/mol. The number of nitrogens with one attached hydrogen (secondary N) is 1. The van der Waals surface area contributed by atoms with Crippen LogP contribution in [0.25, 0.3) is 5.69 Å². The van der Waals surface area contributed by atoms with Crippen LogP contribution in [0.15, 0.2) is 29.3 Å². The van der Waals surface area contributed by atoms with Crippen molar-refractivity contribution in [2.75, 3.05) is 0 Å². The minimum Gasteiger partial charge on any atom is -0.248 e. The van der Waals surface area contributed by atoms with E-state index in [2.05, 4.69) is 10.2 Å². The first kappa shape index (κ1) is 9.49. The van der Waals surface area contributed by atoms with E-state index in [0.717, 1.165) is 0 Å². The lowest BCUT2D eigenvalue weighted by Gasteiger charge is -2.02. The second-order valence-electron chi connectivity index (χ2n) is 2.81. The molecule has 0 saturated carbocycles.